The summed E-state index contributed by atoms with van der Waals surface area (Å²) in [7, 11) is 2.00. The lowest BCUT2D eigenvalue weighted by Gasteiger charge is -2.13. The summed E-state index contributed by atoms with van der Waals surface area (Å²) in [6, 6.07) is 0. The van der Waals surface area contributed by atoms with Gasteiger partial charge in [0.15, 0.2) is 0 Å². The van der Waals surface area contributed by atoms with Gasteiger partial charge in [-0.3, -0.25) is 0 Å². The molecular weight excluding hydrogens is 134 g/mol. The highest BCUT2D eigenvalue weighted by Crippen LogP contribution is 2.29. The van der Waals surface area contributed by atoms with Crippen molar-refractivity contribution in [2.75, 3.05) is 7.05 Å². The second-order valence-electron chi connectivity index (χ2n) is 2.62. The number of hydrogen-bond acceptors (Lipinski definition) is 1. The zero-order valence-electron chi connectivity index (χ0n) is 6.93. The van der Waals surface area contributed by atoms with E-state index in [0.717, 1.165) is 17.8 Å². The second-order valence-corrected chi connectivity index (χ2v) is 2.62. The van der Waals surface area contributed by atoms with Crippen LogP contribution in [0.2, 0.25) is 0 Å². The van der Waals surface area contributed by atoms with Crippen LogP contribution in [0.3, 0.4) is 0 Å². The lowest BCUT2D eigenvalue weighted by molar-refractivity contribution is 0.558. The minimum atomic E-state index is 0.904. The Hall–Kier alpha value is -1.24. The molecule has 0 bridgehead atoms. The average Bonchev–Trinajstić information content (AvgIpc) is 2.28. The molecule has 0 amide bonds. The highest BCUT2D eigenvalue weighted by molar-refractivity contribution is 5.40. The van der Waals surface area contributed by atoms with E-state index in [0.29, 0.717) is 0 Å². The van der Waals surface area contributed by atoms with Gasteiger partial charge in [0.2, 0.25) is 0 Å². The molecule has 0 unspecified atom stereocenters. The fourth-order valence-electron chi connectivity index (χ4n) is 1.26. The van der Waals surface area contributed by atoms with Gasteiger partial charge in [-0.15, -0.1) is 0 Å². The van der Waals surface area contributed by atoms with E-state index in [2.05, 4.69) is 19.7 Å². The molecule has 0 saturated heterocycles. The first-order valence-corrected chi connectivity index (χ1v) is 3.60. The molecule has 1 nitrogen and oxygen atoms in total. The summed E-state index contributed by atoms with van der Waals surface area (Å²) < 4.78 is 0. The van der Waals surface area contributed by atoms with E-state index in [1.54, 1.807) is 0 Å². The average molecular weight is 147 g/mol. The lowest BCUT2D eigenvalue weighted by Crippen LogP contribution is -2.08. The molecule has 0 aromatic carbocycles. The quantitative estimate of drug-likeness (QED) is 0.580. The van der Waals surface area contributed by atoms with Gasteiger partial charge in [-0.1, -0.05) is 25.8 Å². The molecule has 0 saturated carbocycles. The van der Waals surface area contributed by atoms with Crippen LogP contribution in [0.25, 0.3) is 0 Å². The SMILES string of the molecule is C=CC1=C(C=C)N(C)C(=C)C1. The largest absolute Gasteiger partial charge is 0.348 e. The molecule has 0 spiro atoms. The van der Waals surface area contributed by atoms with E-state index in [9.17, 15) is 0 Å². The van der Waals surface area contributed by atoms with E-state index in [1.807, 2.05) is 24.1 Å². The van der Waals surface area contributed by atoms with Crippen LogP contribution in [0.4, 0.5) is 0 Å². The van der Waals surface area contributed by atoms with Gasteiger partial charge in [0.25, 0.3) is 0 Å². The molecule has 0 fully saturated rings. The molecule has 1 aliphatic rings. The van der Waals surface area contributed by atoms with Gasteiger partial charge in [-0.05, 0) is 11.6 Å². The van der Waals surface area contributed by atoms with Gasteiger partial charge in [-0.2, -0.15) is 0 Å². The molecule has 0 aliphatic carbocycles. The van der Waals surface area contributed by atoms with E-state index in [4.69, 9.17) is 0 Å². The Labute approximate surface area is 68.0 Å². The molecule has 1 aliphatic heterocycles. The van der Waals surface area contributed by atoms with Gasteiger partial charge in [0, 0.05) is 24.9 Å². The Morgan fingerprint density at radius 2 is 2.00 bits per heavy atom. The van der Waals surface area contributed by atoms with Crippen molar-refractivity contribution in [2.24, 2.45) is 0 Å². The predicted molar refractivity (Wildman–Crippen MR) is 48.9 cm³/mol. The second kappa shape index (κ2) is 2.79. The van der Waals surface area contributed by atoms with E-state index >= 15 is 0 Å². The van der Waals surface area contributed by atoms with Crippen molar-refractivity contribution in [1.82, 2.24) is 4.90 Å². The summed E-state index contributed by atoms with van der Waals surface area (Å²) in [5.74, 6) is 0. The summed E-state index contributed by atoms with van der Waals surface area (Å²) >= 11 is 0. The monoisotopic (exact) mass is 147 g/mol. The fourth-order valence-corrected chi connectivity index (χ4v) is 1.26. The topological polar surface area (TPSA) is 3.24 Å². The van der Waals surface area contributed by atoms with Crippen LogP contribution in [-0.2, 0) is 0 Å². The molecule has 1 rings (SSSR count). The van der Waals surface area contributed by atoms with Crippen molar-refractivity contribution in [1.29, 1.82) is 0 Å². The van der Waals surface area contributed by atoms with Crippen molar-refractivity contribution in [2.45, 2.75) is 6.42 Å². The van der Waals surface area contributed by atoms with Gasteiger partial charge >= 0.3 is 0 Å². The maximum atomic E-state index is 3.92. The third-order valence-corrected chi connectivity index (χ3v) is 2.00. The molecule has 11 heavy (non-hydrogen) atoms. The number of rotatable bonds is 2. The van der Waals surface area contributed by atoms with Crippen LogP contribution in [0.1, 0.15) is 6.42 Å². The van der Waals surface area contributed by atoms with Crippen molar-refractivity contribution >= 4 is 0 Å². The smallest absolute Gasteiger partial charge is 0.0435 e. The van der Waals surface area contributed by atoms with Crippen LogP contribution in [0.15, 0.2) is 48.9 Å². The van der Waals surface area contributed by atoms with Crippen molar-refractivity contribution in [3.63, 3.8) is 0 Å². The van der Waals surface area contributed by atoms with Gasteiger partial charge in [0.05, 0.1) is 0 Å². The van der Waals surface area contributed by atoms with E-state index < -0.39 is 0 Å². The van der Waals surface area contributed by atoms with Crippen molar-refractivity contribution in [3.05, 3.63) is 48.9 Å². The van der Waals surface area contributed by atoms with Crippen LogP contribution >= 0.6 is 0 Å². The zero-order valence-corrected chi connectivity index (χ0v) is 6.93. The maximum Gasteiger partial charge on any atom is 0.0435 e. The molecule has 0 atom stereocenters. The normalized spacial score (nSPS) is 17.5. The Balaban J connectivity index is 3.04. The number of allylic oxidation sites excluding steroid dienone is 3. The first-order chi connectivity index (χ1) is 5.20. The maximum absolute atomic E-state index is 3.92. The molecule has 0 aromatic rings. The molecule has 1 heterocycles. The predicted octanol–water partition coefficient (Wildman–Crippen LogP) is 2.46. The van der Waals surface area contributed by atoms with Crippen LogP contribution in [0, 0.1) is 0 Å². The Morgan fingerprint density at radius 3 is 2.36 bits per heavy atom. The highest BCUT2D eigenvalue weighted by atomic mass is 15.1. The van der Waals surface area contributed by atoms with E-state index in [-0.39, 0.29) is 0 Å². The Morgan fingerprint density at radius 1 is 1.36 bits per heavy atom. The molecule has 0 radical (unpaired) electrons. The van der Waals surface area contributed by atoms with Crippen molar-refractivity contribution in [3.8, 4) is 0 Å². The van der Waals surface area contributed by atoms with Gasteiger partial charge in [-0.25, -0.2) is 0 Å². The van der Waals surface area contributed by atoms with E-state index in [1.165, 1.54) is 5.57 Å². The highest BCUT2D eigenvalue weighted by Gasteiger charge is 2.17. The first-order valence-electron chi connectivity index (χ1n) is 3.60. The van der Waals surface area contributed by atoms with Crippen LogP contribution < -0.4 is 0 Å². The molecule has 0 N–H and O–H groups in total. The van der Waals surface area contributed by atoms with Crippen molar-refractivity contribution < 1.29 is 0 Å². The zero-order chi connectivity index (χ0) is 8.43. The Bertz CT molecular complexity index is 246. The lowest BCUT2D eigenvalue weighted by atomic mass is 10.2. The third kappa shape index (κ3) is 1.14. The van der Waals surface area contributed by atoms with Crippen LogP contribution in [0.5, 0.6) is 0 Å². The minimum Gasteiger partial charge on any atom is -0.348 e. The Kier molecular flexibility index (Phi) is 1.99. The summed E-state index contributed by atoms with van der Waals surface area (Å²) in [4.78, 5) is 2.05. The molecule has 0 aromatic heterocycles. The number of nitrogens with zero attached hydrogens (tertiary/aromatic N) is 1. The summed E-state index contributed by atoms with van der Waals surface area (Å²) in [5, 5.41) is 0. The third-order valence-electron chi connectivity index (χ3n) is 2.00. The van der Waals surface area contributed by atoms with Gasteiger partial charge in [0.1, 0.15) is 0 Å². The summed E-state index contributed by atoms with van der Waals surface area (Å²) in [6.45, 7) is 11.4. The number of hydrogen-bond donors (Lipinski definition) is 0. The number of likely N-dealkylation sites (N-methyl/N-ethyl adjacent to an activating group) is 1. The summed E-state index contributed by atoms with van der Waals surface area (Å²) in [5.41, 5.74) is 3.45. The minimum absolute atomic E-state index is 0.904. The molecule has 58 valence electrons. The van der Waals surface area contributed by atoms with Crippen LogP contribution in [-0.4, -0.2) is 11.9 Å². The first kappa shape index (κ1) is 7.86. The molecule has 1 heteroatoms. The van der Waals surface area contributed by atoms with Gasteiger partial charge < -0.3 is 4.90 Å². The standard InChI is InChI=1S/C10H13N/c1-5-9-7-8(3)11(4)10(9)6-2/h5-6H,1-3,7H2,4H3. The summed E-state index contributed by atoms with van der Waals surface area (Å²) in [6.07, 6.45) is 4.61. The fraction of sp³-hybridized carbons (Fsp3) is 0.200. The molecular formula is C10H13N.